The molecule has 6 heteroatoms. The second kappa shape index (κ2) is 7.38. The maximum Gasteiger partial charge on any atom is 0.188 e. The third kappa shape index (κ3) is 4.29. The molecule has 4 nitrogen and oxygen atoms in total. The summed E-state index contributed by atoms with van der Waals surface area (Å²) in [6.07, 6.45) is 0. The van der Waals surface area contributed by atoms with E-state index in [2.05, 4.69) is 0 Å². The van der Waals surface area contributed by atoms with Gasteiger partial charge in [-0.15, -0.1) is 0 Å². The summed E-state index contributed by atoms with van der Waals surface area (Å²) in [4.78, 5) is 1.65. The van der Waals surface area contributed by atoms with Gasteiger partial charge in [-0.05, 0) is 23.8 Å². The van der Waals surface area contributed by atoms with E-state index in [1.807, 2.05) is 36.4 Å². The molecule has 0 saturated heterocycles. The second-order valence-electron chi connectivity index (χ2n) is 4.89. The highest BCUT2D eigenvalue weighted by Gasteiger charge is 2.06. The average Bonchev–Trinajstić information content (AvgIpc) is 2.49. The van der Waals surface area contributed by atoms with E-state index in [4.69, 9.17) is 39.1 Å². The Morgan fingerprint density at radius 2 is 1.95 bits per heavy atom. The molecular formula is C16H17Cl2N3O. The zero-order chi connectivity index (χ0) is 16.1. The summed E-state index contributed by atoms with van der Waals surface area (Å²) in [7, 11) is 1.77. The van der Waals surface area contributed by atoms with Crippen LogP contribution < -0.4 is 10.5 Å². The van der Waals surface area contributed by atoms with E-state index in [1.54, 1.807) is 18.0 Å². The lowest BCUT2D eigenvalue weighted by Crippen LogP contribution is -2.32. The molecule has 2 aromatic rings. The number of nitrogens with zero attached hydrogens (tertiary/aromatic N) is 1. The van der Waals surface area contributed by atoms with Gasteiger partial charge in [0.05, 0.1) is 10.0 Å². The van der Waals surface area contributed by atoms with Crippen LogP contribution in [0.15, 0.2) is 42.5 Å². The van der Waals surface area contributed by atoms with Crippen molar-refractivity contribution in [2.24, 2.45) is 5.73 Å². The summed E-state index contributed by atoms with van der Waals surface area (Å²) >= 11 is 12.1. The summed E-state index contributed by atoms with van der Waals surface area (Å²) < 4.78 is 5.76. The molecule has 0 amide bonds. The lowest BCUT2D eigenvalue weighted by molar-refractivity contribution is 0.305. The number of nitrogens with two attached hydrogens (primary N) is 1. The van der Waals surface area contributed by atoms with Crippen molar-refractivity contribution >= 4 is 29.2 Å². The van der Waals surface area contributed by atoms with E-state index >= 15 is 0 Å². The van der Waals surface area contributed by atoms with Crippen LogP contribution in [0, 0.1) is 5.41 Å². The number of hydrogen-bond acceptors (Lipinski definition) is 2. The van der Waals surface area contributed by atoms with Crippen LogP contribution in [0.2, 0.25) is 10.0 Å². The first-order chi connectivity index (χ1) is 10.5. The van der Waals surface area contributed by atoms with E-state index < -0.39 is 0 Å². The summed E-state index contributed by atoms with van der Waals surface area (Å²) in [5, 5.41) is 8.41. The van der Waals surface area contributed by atoms with Gasteiger partial charge < -0.3 is 15.4 Å². The topological polar surface area (TPSA) is 62.3 Å². The highest BCUT2D eigenvalue weighted by molar-refractivity contribution is 6.42. The molecule has 0 radical (unpaired) electrons. The largest absolute Gasteiger partial charge is 0.489 e. The van der Waals surface area contributed by atoms with Crippen LogP contribution in [0.3, 0.4) is 0 Å². The maximum atomic E-state index is 7.39. The highest BCUT2D eigenvalue weighted by atomic mass is 35.5. The van der Waals surface area contributed by atoms with E-state index in [0.29, 0.717) is 23.2 Å². The molecule has 0 fully saturated rings. The molecule has 0 heterocycles. The predicted molar refractivity (Wildman–Crippen MR) is 90.6 cm³/mol. The van der Waals surface area contributed by atoms with Gasteiger partial charge in [0, 0.05) is 19.2 Å². The van der Waals surface area contributed by atoms with Crippen molar-refractivity contribution < 1.29 is 4.74 Å². The molecule has 0 unspecified atom stereocenters. The van der Waals surface area contributed by atoms with Gasteiger partial charge in [0.15, 0.2) is 5.96 Å². The van der Waals surface area contributed by atoms with Gasteiger partial charge in [0.1, 0.15) is 12.4 Å². The summed E-state index contributed by atoms with van der Waals surface area (Å²) in [5.41, 5.74) is 7.28. The van der Waals surface area contributed by atoms with E-state index in [0.717, 1.165) is 16.9 Å². The van der Waals surface area contributed by atoms with Gasteiger partial charge in [0.25, 0.3) is 0 Å². The first kappa shape index (κ1) is 16.5. The SMILES string of the molecule is CN(Cc1cccc(OCc2cccc(Cl)c2Cl)c1)C(=N)N. The van der Waals surface area contributed by atoms with E-state index in [1.165, 1.54) is 0 Å². The molecule has 22 heavy (non-hydrogen) atoms. The van der Waals surface area contributed by atoms with Crippen LogP contribution in [-0.2, 0) is 13.2 Å². The molecule has 0 aliphatic carbocycles. The molecule has 2 rings (SSSR count). The minimum Gasteiger partial charge on any atom is -0.489 e. The van der Waals surface area contributed by atoms with Crippen LogP contribution in [0.5, 0.6) is 5.75 Å². The van der Waals surface area contributed by atoms with Crippen LogP contribution in [0.4, 0.5) is 0 Å². The summed E-state index contributed by atoms with van der Waals surface area (Å²) in [5.74, 6) is 0.752. The van der Waals surface area contributed by atoms with Gasteiger partial charge in [-0.1, -0.05) is 47.5 Å². The number of halogens is 2. The Morgan fingerprint density at radius 3 is 2.68 bits per heavy atom. The standard InChI is InChI=1S/C16H17Cl2N3O/c1-21(16(19)20)9-11-4-2-6-13(8-11)22-10-12-5-3-7-14(17)15(12)18/h2-8H,9-10H2,1H3,(H3,19,20). The lowest BCUT2D eigenvalue weighted by atomic mass is 10.2. The molecule has 0 saturated carbocycles. The molecule has 3 N–H and O–H groups in total. The van der Waals surface area contributed by atoms with Crippen molar-refractivity contribution in [2.45, 2.75) is 13.2 Å². The van der Waals surface area contributed by atoms with Crippen LogP contribution in [0.25, 0.3) is 0 Å². The third-order valence-corrected chi connectivity index (χ3v) is 4.01. The lowest BCUT2D eigenvalue weighted by Gasteiger charge is -2.17. The Bertz CT molecular complexity index is 676. The maximum absolute atomic E-state index is 7.39. The van der Waals surface area contributed by atoms with Gasteiger partial charge >= 0.3 is 0 Å². The monoisotopic (exact) mass is 337 g/mol. The number of ether oxygens (including phenoxy) is 1. The Morgan fingerprint density at radius 1 is 1.23 bits per heavy atom. The van der Waals surface area contributed by atoms with Crippen molar-refractivity contribution in [1.82, 2.24) is 4.90 Å². The van der Waals surface area contributed by atoms with E-state index in [9.17, 15) is 0 Å². The van der Waals surface area contributed by atoms with Crippen molar-refractivity contribution in [3.8, 4) is 5.75 Å². The molecular weight excluding hydrogens is 321 g/mol. The van der Waals surface area contributed by atoms with Gasteiger partial charge in [0.2, 0.25) is 0 Å². The molecule has 0 bridgehead atoms. The van der Waals surface area contributed by atoms with Crippen molar-refractivity contribution in [3.63, 3.8) is 0 Å². The second-order valence-corrected chi connectivity index (χ2v) is 5.68. The number of nitrogens with one attached hydrogen (secondary N) is 1. The quantitative estimate of drug-likeness (QED) is 0.642. The zero-order valence-electron chi connectivity index (χ0n) is 12.1. The predicted octanol–water partition coefficient (Wildman–Crippen LogP) is 3.90. The fourth-order valence-electron chi connectivity index (χ4n) is 1.91. The third-order valence-electron chi connectivity index (χ3n) is 3.16. The Hall–Kier alpha value is -1.91. The Labute approximate surface area is 139 Å². The van der Waals surface area contributed by atoms with Crippen molar-refractivity contribution in [2.75, 3.05) is 7.05 Å². The van der Waals surface area contributed by atoms with Gasteiger partial charge in [-0.3, -0.25) is 5.41 Å². The molecule has 116 valence electrons. The van der Waals surface area contributed by atoms with Crippen LogP contribution in [0.1, 0.15) is 11.1 Å². The Kier molecular flexibility index (Phi) is 5.52. The number of hydrogen-bond donors (Lipinski definition) is 2. The minimum atomic E-state index is 0.0250. The molecule has 0 aliphatic rings. The number of rotatable bonds is 5. The molecule has 0 aliphatic heterocycles. The van der Waals surface area contributed by atoms with Crippen LogP contribution in [-0.4, -0.2) is 17.9 Å². The van der Waals surface area contributed by atoms with Gasteiger partial charge in [-0.25, -0.2) is 0 Å². The fourth-order valence-corrected chi connectivity index (χ4v) is 2.29. The molecule has 0 aromatic heterocycles. The first-order valence-electron chi connectivity index (χ1n) is 6.67. The van der Waals surface area contributed by atoms with Crippen molar-refractivity contribution in [1.29, 1.82) is 5.41 Å². The van der Waals surface area contributed by atoms with Gasteiger partial charge in [-0.2, -0.15) is 0 Å². The van der Waals surface area contributed by atoms with Crippen LogP contribution >= 0.6 is 23.2 Å². The summed E-state index contributed by atoms with van der Waals surface area (Å²) in [6, 6.07) is 13.1. The zero-order valence-corrected chi connectivity index (χ0v) is 13.7. The normalized spacial score (nSPS) is 10.3. The molecule has 2 aromatic carbocycles. The Balaban J connectivity index is 2.04. The van der Waals surface area contributed by atoms with E-state index in [-0.39, 0.29) is 5.96 Å². The fraction of sp³-hybridized carbons (Fsp3) is 0.188. The average molecular weight is 338 g/mol. The number of guanidine groups is 1. The first-order valence-corrected chi connectivity index (χ1v) is 7.42. The minimum absolute atomic E-state index is 0.0250. The molecule has 0 spiro atoms. The number of benzene rings is 2. The summed E-state index contributed by atoms with van der Waals surface area (Å²) in [6.45, 7) is 0.885. The van der Waals surface area contributed by atoms with Crippen molar-refractivity contribution in [3.05, 3.63) is 63.6 Å². The smallest absolute Gasteiger partial charge is 0.188 e. The highest BCUT2D eigenvalue weighted by Crippen LogP contribution is 2.26. The molecule has 0 atom stereocenters.